The minimum Gasteiger partial charge on any atom is -0.376 e. The van der Waals surface area contributed by atoms with E-state index in [0.717, 1.165) is 25.9 Å². The fraction of sp³-hybridized carbons (Fsp3) is 0.389. The first-order chi connectivity index (χ1) is 11.8. The molecule has 0 spiro atoms. The van der Waals surface area contributed by atoms with E-state index in [-0.39, 0.29) is 12.0 Å². The number of nitrogens with zero attached hydrogens (tertiary/aromatic N) is 2. The van der Waals surface area contributed by atoms with Gasteiger partial charge in [-0.2, -0.15) is 0 Å². The predicted molar refractivity (Wildman–Crippen MR) is 92.0 cm³/mol. The van der Waals surface area contributed by atoms with Crippen LogP contribution < -0.4 is 10.6 Å². The van der Waals surface area contributed by atoms with Crippen LogP contribution in [0, 0.1) is 0 Å². The molecule has 1 fully saturated rings. The third kappa shape index (κ3) is 4.76. The zero-order valence-electron chi connectivity index (χ0n) is 13.6. The molecule has 1 atom stereocenters. The molecule has 24 heavy (non-hydrogen) atoms. The summed E-state index contributed by atoms with van der Waals surface area (Å²) in [6.45, 7) is 2.11. The van der Waals surface area contributed by atoms with Gasteiger partial charge < -0.3 is 15.4 Å². The third-order valence-corrected chi connectivity index (χ3v) is 3.97. The van der Waals surface area contributed by atoms with E-state index in [1.54, 1.807) is 12.4 Å². The molecule has 1 aliphatic rings. The Kier molecular flexibility index (Phi) is 5.74. The molecule has 1 saturated heterocycles. The molecule has 1 aliphatic heterocycles. The monoisotopic (exact) mass is 326 g/mol. The number of hydrogen-bond acceptors (Lipinski definition) is 5. The Balaban J connectivity index is 1.43. The second kappa shape index (κ2) is 8.40. The third-order valence-electron chi connectivity index (χ3n) is 3.97. The van der Waals surface area contributed by atoms with Gasteiger partial charge in [-0.1, -0.05) is 30.3 Å². The average Bonchev–Trinajstić information content (AvgIpc) is 3.15. The van der Waals surface area contributed by atoms with Gasteiger partial charge in [0.1, 0.15) is 0 Å². The smallest absolute Gasteiger partial charge is 0.254 e. The van der Waals surface area contributed by atoms with Crippen LogP contribution in [-0.2, 0) is 11.2 Å². The number of rotatable bonds is 7. The van der Waals surface area contributed by atoms with Crippen molar-refractivity contribution in [3.8, 4) is 0 Å². The van der Waals surface area contributed by atoms with Crippen LogP contribution in [0.1, 0.15) is 28.8 Å². The number of ether oxygens (including phenoxy) is 1. The molecule has 6 heteroatoms. The van der Waals surface area contributed by atoms with E-state index in [0.29, 0.717) is 24.6 Å². The van der Waals surface area contributed by atoms with E-state index in [4.69, 9.17) is 4.74 Å². The maximum Gasteiger partial charge on any atom is 0.254 e. The van der Waals surface area contributed by atoms with Crippen molar-refractivity contribution in [2.24, 2.45) is 0 Å². The Morgan fingerprint density at radius 2 is 2.00 bits per heavy atom. The second-order valence-electron chi connectivity index (χ2n) is 5.80. The number of hydrogen-bond donors (Lipinski definition) is 2. The standard InChI is InChI=1S/C18H22N4O2/c23-17(19-9-8-14-5-2-1-3-6-14)15-11-20-18(21-12-15)22-13-16-7-4-10-24-16/h1-3,5-6,11-12,16H,4,7-10,13H2,(H,19,23)(H,20,21,22). The lowest BCUT2D eigenvalue weighted by Gasteiger charge is -2.10. The minimum absolute atomic E-state index is 0.156. The summed E-state index contributed by atoms with van der Waals surface area (Å²) >= 11 is 0. The minimum atomic E-state index is -0.156. The molecule has 0 aliphatic carbocycles. The number of nitrogens with one attached hydrogen (secondary N) is 2. The summed E-state index contributed by atoms with van der Waals surface area (Å²) in [6, 6.07) is 10.1. The van der Waals surface area contributed by atoms with Crippen molar-refractivity contribution < 1.29 is 9.53 Å². The van der Waals surface area contributed by atoms with Gasteiger partial charge in [0.25, 0.3) is 5.91 Å². The molecule has 1 amide bonds. The van der Waals surface area contributed by atoms with Gasteiger partial charge in [-0.15, -0.1) is 0 Å². The molecule has 0 radical (unpaired) electrons. The molecular weight excluding hydrogens is 304 g/mol. The number of carbonyl (C=O) groups is 1. The number of anilines is 1. The summed E-state index contributed by atoms with van der Waals surface area (Å²) in [4.78, 5) is 20.5. The van der Waals surface area contributed by atoms with Crippen LogP contribution in [0.15, 0.2) is 42.7 Å². The molecule has 2 heterocycles. The van der Waals surface area contributed by atoms with Gasteiger partial charge in [0.05, 0.1) is 11.7 Å². The van der Waals surface area contributed by atoms with Crippen molar-refractivity contribution in [1.82, 2.24) is 15.3 Å². The highest BCUT2D eigenvalue weighted by Crippen LogP contribution is 2.12. The highest BCUT2D eigenvalue weighted by Gasteiger charge is 2.15. The molecule has 2 N–H and O–H groups in total. The normalized spacial score (nSPS) is 16.8. The average molecular weight is 326 g/mol. The van der Waals surface area contributed by atoms with Crippen molar-refractivity contribution in [1.29, 1.82) is 0 Å². The van der Waals surface area contributed by atoms with Crippen LogP contribution in [0.3, 0.4) is 0 Å². The number of amides is 1. The zero-order valence-corrected chi connectivity index (χ0v) is 13.6. The quantitative estimate of drug-likeness (QED) is 0.814. The highest BCUT2D eigenvalue weighted by atomic mass is 16.5. The lowest BCUT2D eigenvalue weighted by atomic mass is 10.1. The van der Waals surface area contributed by atoms with Crippen molar-refractivity contribution in [2.45, 2.75) is 25.4 Å². The molecule has 126 valence electrons. The topological polar surface area (TPSA) is 76.1 Å². The highest BCUT2D eigenvalue weighted by molar-refractivity contribution is 5.93. The summed E-state index contributed by atoms with van der Waals surface area (Å²) < 4.78 is 5.54. The molecule has 0 saturated carbocycles. The first kappa shape index (κ1) is 16.4. The maximum atomic E-state index is 12.1. The fourth-order valence-corrected chi connectivity index (χ4v) is 2.61. The SMILES string of the molecule is O=C(NCCc1ccccc1)c1cnc(NCC2CCCO2)nc1. The summed E-state index contributed by atoms with van der Waals surface area (Å²) in [5.74, 6) is 0.364. The van der Waals surface area contributed by atoms with Gasteiger partial charge in [0.2, 0.25) is 5.95 Å². The molecule has 6 nitrogen and oxygen atoms in total. The number of carbonyl (C=O) groups excluding carboxylic acids is 1. The van der Waals surface area contributed by atoms with Crippen molar-refractivity contribution in [3.63, 3.8) is 0 Å². The van der Waals surface area contributed by atoms with Gasteiger partial charge in [-0.25, -0.2) is 9.97 Å². The Hall–Kier alpha value is -2.47. The van der Waals surface area contributed by atoms with Gasteiger partial charge in [-0.3, -0.25) is 4.79 Å². The molecule has 1 aromatic carbocycles. The molecular formula is C18H22N4O2. The predicted octanol–water partition coefficient (Wildman–Crippen LogP) is 2.04. The fourth-order valence-electron chi connectivity index (χ4n) is 2.61. The van der Waals surface area contributed by atoms with E-state index in [9.17, 15) is 4.79 Å². The Bertz CT molecular complexity index is 640. The molecule has 2 aromatic rings. The zero-order chi connectivity index (χ0) is 16.6. The summed E-state index contributed by atoms with van der Waals surface area (Å²) in [5, 5.41) is 6.02. The Morgan fingerprint density at radius 3 is 2.71 bits per heavy atom. The Labute approximate surface area is 141 Å². The first-order valence-corrected chi connectivity index (χ1v) is 8.31. The van der Waals surface area contributed by atoms with Crippen LogP contribution in [0.5, 0.6) is 0 Å². The first-order valence-electron chi connectivity index (χ1n) is 8.31. The molecule has 0 bridgehead atoms. The van der Waals surface area contributed by atoms with Gasteiger partial charge in [0.15, 0.2) is 0 Å². The molecule has 1 aromatic heterocycles. The van der Waals surface area contributed by atoms with E-state index in [2.05, 4.69) is 20.6 Å². The maximum absolute atomic E-state index is 12.1. The summed E-state index contributed by atoms with van der Waals surface area (Å²) in [7, 11) is 0. The van der Waals surface area contributed by atoms with Gasteiger partial charge >= 0.3 is 0 Å². The van der Waals surface area contributed by atoms with E-state index < -0.39 is 0 Å². The molecule has 1 unspecified atom stereocenters. The van der Waals surface area contributed by atoms with Crippen LogP contribution in [-0.4, -0.2) is 41.7 Å². The lowest BCUT2D eigenvalue weighted by molar-refractivity contribution is 0.0953. The van der Waals surface area contributed by atoms with Crippen LogP contribution in [0.2, 0.25) is 0 Å². The Morgan fingerprint density at radius 1 is 1.21 bits per heavy atom. The number of aromatic nitrogens is 2. The van der Waals surface area contributed by atoms with Gasteiger partial charge in [-0.05, 0) is 24.8 Å². The second-order valence-corrected chi connectivity index (χ2v) is 5.80. The van der Waals surface area contributed by atoms with Crippen molar-refractivity contribution in [2.75, 3.05) is 25.0 Å². The summed E-state index contributed by atoms with van der Waals surface area (Å²) in [5.41, 5.74) is 1.66. The van der Waals surface area contributed by atoms with E-state index in [1.165, 1.54) is 5.56 Å². The van der Waals surface area contributed by atoms with Crippen molar-refractivity contribution in [3.05, 3.63) is 53.9 Å². The van der Waals surface area contributed by atoms with E-state index >= 15 is 0 Å². The van der Waals surface area contributed by atoms with Crippen molar-refractivity contribution >= 4 is 11.9 Å². The van der Waals surface area contributed by atoms with Crippen LogP contribution in [0.25, 0.3) is 0 Å². The lowest BCUT2D eigenvalue weighted by Crippen LogP contribution is -2.26. The number of benzene rings is 1. The van der Waals surface area contributed by atoms with E-state index in [1.807, 2.05) is 30.3 Å². The van der Waals surface area contributed by atoms with Crippen LogP contribution >= 0.6 is 0 Å². The van der Waals surface area contributed by atoms with Gasteiger partial charge in [0, 0.05) is 32.1 Å². The summed E-state index contributed by atoms with van der Waals surface area (Å²) in [6.07, 6.45) is 6.29. The van der Waals surface area contributed by atoms with Crippen LogP contribution in [0.4, 0.5) is 5.95 Å². The molecule has 3 rings (SSSR count). The largest absolute Gasteiger partial charge is 0.376 e.